The monoisotopic (exact) mass is 567 g/mol. The number of rotatable bonds is 6. The molecule has 0 radical (unpaired) electrons. The molecule has 3 aliphatic rings. The number of aromatic carboxylic acids is 1. The Bertz CT molecular complexity index is 1610. The van der Waals surface area contributed by atoms with Crippen molar-refractivity contribution < 1.29 is 15.0 Å². The summed E-state index contributed by atoms with van der Waals surface area (Å²) in [4.78, 5) is 27.2. The topological polar surface area (TPSA) is 110 Å². The molecular formula is C32H37N7O3. The molecule has 0 saturated carbocycles. The number of hydrogen-bond donors (Lipinski definition) is 2. The second-order valence-corrected chi connectivity index (χ2v) is 12.3. The van der Waals surface area contributed by atoms with Gasteiger partial charge in [-0.3, -0.25) is 4.90 Å². The Labute approximate surface area is 245 Å². The molecule has 2 unspecified atom stereocenters. The van der Waals surface area contributed by atoms with Crippen molar-refractivity contribution >= 4 is 23.1 Å². The van der Waals surface area contributed by atoms with Crippen LogP contribution in [0, 0.1) is 12.3 Å². The van der Waals surface area contributed by atoms with Crippen LogP contribution in [0.4, 0.5) is 11.5 Å². The molecule has 2 N–H and O–H groups in total. The molecular weight excluding hydrogens is 530 g/mol. The molecule has 3 atom stereocenters. The number of aliphatic hydroxyl groups is 1. The standard InChI is InChI=1S/C32H37N7O3/c1-22-17-25(36-14-6-9-24(18-36)23-7-3-2-4-8-23)19-39-29(22)34-28(35-39)30(40)38-16-13-32(21-38)12-15-37(20-32)27-11-5-10-26(33-27)31(41)42/h2-5,7-8,10-11,17,19,24,30,40H,6,9,12-16,18,20-21H2,1H3,(H,41,42)/t24?,30?,32-/m1/s1. The summed E-state index contributed by atoms with van der Waals surface area (Å²) < 4.78 is 1.83. The van der Waals surface area contributed by atoms with Gasteiger partial charge in [0.1, 0.15) is 5.82 Å². The number of fused-ring (bicyclic) bond motifs is 1. The molecule has 3 saturated heterocycles. The number of carboxylic acids is 1. The van der Waals surface area contributed by atoms with Crippen LogP contribution < -0.4 is 9.80 Å². The molecule has 42 heavy (non-hydrogen) atoms. The number of pyridine rings is 2. The summed E-state index contributed by atoms with van der Waals surface area (Å²) >= 11 is 0. The van der Waals surface area contributed by atoms with E-state index in [1.54, 1.807) is 6.07 Å². The van der Waals surface area contributed by atoms with Crippen molar-refractivity contribution in [2.24, 2.45) is 5.41 Å². The van der Waals surface area contributed by atoms with Crippen LogP contribution in [0.25, 0.3) is 5.65 Å². The van der Waals surface area contributed by atoms with Gasteiger partial charge in [-0.15, -0.1) is 5.10 Å². The van der Waals surface area contributed by atoms with E-state index in [4.69, 9.17) is 10.1 Å². The normalized spacial score (nSPS) is 23.7. The summed E-state index contributed by atoms with van der Waals surface area (Å²) in [7, 11) is 0. The second-order valence-electron chi connectivity index (χ2n) is 12.3. The first-order chi connectivity index (χ1) is 20.4. The molecule has 0 aliphatic carbocycles. The molecule has 1 aromatic carbocycles. The van der Waals surface area contributed by atoms with Crippen molar-refractivity contribution in [2.75, 3.05) is 49.1 Å². The van der Waals surface area contributed by atoms with Crippen LogP contribution in [0.2, 0.25) is 0 Å². The third kappa shape index (κ3) is 4.98. The lowest BCUT2D eigenvalue weighted by Gasteiger charge is -2.34. The Kier molecular flexibility index (Phi) is 6.82. The number of hydrogen-bond acceptors (Lipinski definition) is 8. The highest BCUT2D eigenvalue weighted by Crippen LogP contribution is 2.42. The second kappa shape index (κ2) is 10.7. The van der Waals surface area contributed by atoms with E-state index in [0.29, 0.717) is 17.6 Å². The van der Waals surface area contributed by atoms with Gasteiger partial charge < -0.3 is 20.0 Å². The van der Waals surface area contributed by atoms with Gasteiger partial charge in [-0.05, 0) is 61.9 Å². The van der Waals surface area contributed by atoms with E-state index in [1.807, 2.05) is 10.6 Å². The number of benzene rings is 1. The Morgan fingerprint density at radius 1 is 1.00 bits per heavy atom. The number of piperidine rings is 1. The number of carbonyl (C=O) groups is 1. The summed E-state index contributed by atoms with van der Waals surface area (Å²) in [6.45, 7) is 7.14. The Morgan fingerprint density at radius 2 is 1.83 bits per heavy atom. The number of nitrogens with zero attached hydrogens (tertiary/aromatic N) is 7. The maximum absolute atomic E-state index is 11.4. The van der Waals surface area contributed by atoms with Crippen LogP contribution in [0.1, 0.15) is 65.3 Å². The minimum Gasteiger partial charge on any atom is -0.477 e. The predicted octanol–water partition coefficient (Wildman–Crippen LogP) is 4.11. The highest BCUT2D eigenvalue weighted by Gasteiger charge is 2.46. The SMILES string of the molecule is Cc1cc(N2CCCC(c3ccccc3)C2)cn2nc(C(O)N3CC[C@@]4(CCN(c5cccc(C(=O)O)n5)C4)C3)nc12. The molecule has 218 valence electrons. The van der Waals surface area contributed by atoms with Gasteiger partial charge in [-0.1, -0.05) is 36.4 Å². The van der Waals surface area contributed by atoms with Gasteiger partial charge in [0.05, 0.1) is 11.9 Å². The molecule has 10 heteroatoms. The van der Waals surface area contributed by atoms with Gasteiger partial charge in [-0.2, -0.15) is 0 Å². The lowest BCUT2D eigenvalue weighted by atomic mass is 9.86. The van der Waals surface area contributed by atoms with Gasteiger partial charge in [0.15, 0.2) is 23.4 Å². The minimum absolute atomic E-state index is 0.0215. The van der Waals surface area contributed by atoms with Crippen molar-refractivity contribution in [3.05, 3.63) is 83.4 Å². The smallest absolute Gasteiger partial charge is 0.354 e. The fourth-order valence-corrected chi connectivity index (χ4v) is 7.16. The average Bonchev–Trinajstić information content (AvgIpc) is 3.76. The van der Waals surface area contributed by atoms with Gasteiger partial charge in [0, 0.05) is 50.6 Å². The molecule has 0 bridgehead atoms. The molecule has 0 amide bonds. The van der Waals surface area contributed by atoms with E-state index in [-0.39, 0.29) is 11.1 Å². The van der Waals surface area contributed by atoms with Crippen LogP contribution in [-0.2, 0) is 0 Å². The zero-order chi connectivity index (χ0) is 28.8. The molecule has 3 aromatic heterocycles. The largest absolute Gasteiger partial charge is 0.477 e. The fourth-order valence-electron chi connectivity index (χ4n) is 7.16. The lowest BCUT2D eigenvalue weighted by molar-refractivity contribution is 0.00510. The van der Waals surface area contributed by atoms with E-state index in [0.717, 1.165) is 75.4 Å². The first-order valence-corrected chi connectivity index (χ1v) is 14.9. The quantitative estimate of drug-likeness (QED) is 0.356. The lowest BCUT2D eigenvalue weighted by Crippen LogP contribution is -2.34. The van der Waals surface area contributed by atoms with Crippen LogP contribution >= 0.6 is 0 Å². The minimum atomic E-state index is -1.02. The molecule has 1 spiro atoms. The van der Waals surface area contributed by atoms with Crippen molar-refractivity contribution in [3.8, 4) is 0 Å². The number of aliphatic hydroxyl groups excluding tert-OH is 1. The third-order valence-electron chi connectivity index (χ3n) is 9.44. The van der Waals surface area contributed by atoms with Crippen LogP contribution in [0.15, 0.2) is 60.8 Å². The maximum atomic E-state index is 11.4. The number of likely N-dealkylation sites (tertiary alicyclic amines) is 1. The zero-order valence-corrected chi connectivity index (χ0v) is 23.9. The molecule has 7 rings (SSSR count). The zero-order valence-electron chi connectivity index (χ0n) is 23.9. The van der Waals surface area contributed by atoms with Crippen LogP contribution in [-0.4, -0.2) is 79.9 Å². The number of anilines is 2. The number of aromatic nitrogens is 4. The highest BCUT2D eigenvalue weighted by atomic mass is 16.4. The van der Waals surface area contributed by atoms with Crippen molar-refractivity contribution in [1.29, 1.82) is 0 Å². The number of carboxylic acid groups (broad SMARTS) is 1. The maximum Gasteiger partial charge on any atom is 0.354 e. The van der Waals surface area contributed by atoms with E-state index in [1.165, 1.54) is 18.1 Å². The summed E-state index contributed by atoms with van der Waals surface area (Å²) in [5, 5.41) is 25.5. The predicted molar refractivity (Wildman–Crippen MR) is 160 cm³/mol. The van der Waals surface area contributed by atoms with Crippen molar-refractivity contribution in [2.45, 2.75) is 44.8 Å². The Balaban J connectivity index is 1.05. The van der Waals surface area contributed by atoms with Gasteiger partial charge in [-0.25, -0.2) is 19.3 Å². The third-order valence-corrected chi connectivity index (χ3v) is 9.44. The highest BCUT2D eigenvalue weighted by molar-refractivity contribution is 5.85. The molecule has 6 heterocycles. The summed E-state index contributed by atoms with van der Waals surface area (Å²) in [6, 6.07) is 18.1. The molecule has 3 fully saturated rings. The Morgan fingerprint density at radius 3 is 2.67 bits per heavy atom. The first-order valence-electron chi connectivity index (χ1n) is 14.9. The van der Waals surface area contributed by atoms with E-state index < -0.39 is 12.2 Å². The van der Waals surface area contributed by atoms with Crippen molar-refractivity contribution in [1.82, 2.24) is 24.5 Å². The van der Waals surface area contributed by atoms with Crippen molar-refractivity contribution in [3.63, 3.8) is 0 Å². The van der Waals surface area contributed by atoms with E-state index in [9.17, 15) is 15.0 Å². The summed E-state index contributed by atoms with van der Waals surface area (Å²) in [5.41, 5.74) is 4.43. The van der Waals surface area contributed by atoms with Crippen LogP contribution in [0.3, 0.4) is 0 Å². The molecule has 4 aromatic rings. The summed E-state index contributed by atoms with van der Waals surface area (Å²) in [6.07, 6.45) is 5.43. The van der Waals surface area contributed by atoms with E-state index in [2.05, 4.69) is 69.2 Å². The van der Waals surface area contributed by atoms with Gasteiger partial charge in [0.25, 0.3) is 0 Å². The summed E-state index contributed by atoms with van der Waals surface area (Å²) in [5.74, 6) is 0.618. The first kappa shape index (κ1) is 26.9. The van der Waals surface area contributed by atoms with E-state index >= 15 is 0 Å². The van der Waals surface area contributed by atoms with Gasteiger partial charge in [0.2, 0.25) is 0 Å². The number of aryl methyl sites for hydroxylation is 1. The van der Waals surface area contributed by atoms with Crippen LogP contribution in [0.5, 0.6) is 0 Å². The molecule has 3 aliphatic heterocycles. The molecule has 10 nitrogen and oxygen atoms in total. The van der Waals surface area contributed by atoms with Gasteiger partial charge >= 0.3 is 5.97 Å². The average molecular weight is 568 g/mol. The Hall–Kier alpha value is -4.02. The fraction of sp³-hybridized carbons (Fsp3) is 0.438.